The van der Waals surface area contributed by atoms with E-state index in [1.165, 1.54) is 6.07 Å². The number of hydrogen-bond donors (Lipinski definition) is 1. The smallest absolute Gasteiger partial charge is 0.165 e. The van der Waals surface area contributed by atoms with Crippen molar-refractivity contribution in [2.45, 2.75) is 0 Å². The van der Waals surface area contributed by atoms with Crippen molar-refractivity contribution in [1.82, 2.24) is 4.98 Å². The summed E-state index contributed by atoms with van der Waals surface area (Å²) in [4.78, 5) is 6.17. The maximum absolute atomic E-state index is 13.9. The fourth-order valence-electron chi connectivity index (χ4n) is 1.91. The van der Waals surface area contributed by atoms with Crippen molar-refractivity contribution in [2.24, 2.45) is 0 Å². The van der Waals surface area contributed by atoms with E-state index in [4.69, 9.17) is 9.84 Å². The lowest BCUT2D eigenvalue weighted by Crippen LogP contribution is -2.24. The molecular weight excluding hydrogens is 283 g/mol. The number of aromatic nitrogens is 1. The Morgan fingerprint density at radius 3 is 2.86 bits per heavy atom. The van der Waals surface area contributed by atoms with Crippen LogP contribution >= 0.6 is 0 Å². The van der Waals surface area contributed by atoms with Gasteiger partial charge in [-0.1, -0.05) is 24.3 Å². The van der Waals surface area contributed by atoms with Crippen molar-refractivity contribution in [3.8, 4) is 5.75 Å². The zero-order chi connectivity index (χ0) is 15.8. The molecule has 0 saturated carbocycles. The monoisotopic (exact) mass is 302 g/mol. The Kier molecular flexibility index (Phi) is 5.91. The number of rotatable bonds is 7. The molecule has 0 saturated heterocycles. The first-order valence-electron chi connectivity index (χ1n) is 7.02. The number of aliphatic hydroxyl groups is 1. The fourth-order valence-corrected chi connectivity index (χ4v) is 1.91. The molecular formula is C17H19FN2O2. The van der Waals surface area contributed by atoms with Gasteiger partial charge in [0.25, 0.3) is 0 Å². The molecule has 0 radical (unpaired) electrons. The summed E-state index contributed by atoms with van der Waals surface area (Å²) in [5, 5.41) is 8.70. The molecule has 0 aliphatic rings. The number of likely N-dealkylation sites (N-methyl/N-ethyl adjacent to an activating group) is 1. The number of hydrogen-bond acceptors (Lipinski definition) is 4. The summed E-state index contributed by atoms with van der Waals surface area (Å²) < 4.78 is 19.3. The minimum atomic E-state index is -0.416. The predicted molar refractivity (Wildman–Crippen MR) is 85.5 cm³/mol. The lowest BCUT2D eigenvalue weighted by Gasteiger charge is -2.18. The van der Waals surface area contributed by atoms with Crippen LogP contribution in [-0.4, -0.2) is 36.9 Å². The molecule has 0 fully saturated rings. The molecule has 0 spiro atoms. The molecule has 1 heterocycles. The fraction of sp³-hybridized carbons (Fsp3) is 0.235. The lowest BCUT2D eigenvalue weighted by molar-refractivity contribution is 0.309. The van der Waals surface area contributed by atoms with E-state index in [0.717, 1.165) is 5.82 Å². The van der Waals surface area contributed by atoms with Gasteiger partial charge in [0.2, 0.25) is 0 Å². The molecule has 2 rings (SSSR count). The van der Waals surface area contributed by atoms with E-state index in [1.54, 1.807) is 30.5 Å². The summed E-state index contributed by atoms with van der Waals surface area (Å²) in [7, 11) is 1.91. The molecule has 2 aromatic rings. The zero-order valence-electron chi connectivity index (χ0n) is 12.4. The van der Waals surface area contributed by atoms with Crippen LogP contribution in [0.15, 0.2) is 48.7 Å². The SMILES string of the molecule is CN(CCOc1ccc(C=CCO)cc1F)c1ccccn1. The van der Waals surface area contributed by atoms with Gasteiger partial charge in [-0.2, -0.15) is 0 Å². The highest BCUT2D eigenvalue weighted by Crippen LogP contribution is 2.19. The van der Waals surface area contributed by atoms with Gasteiger partial charge in [0, 0.05) is 13.2 Å². The molecule has 0 aliphatic heterocycles. The van der Waals surface area contributed by atoms with E-state index in [2.05, 4.69) is 4.98 Å². The molecule has 5 heteroatoms. The standard InChI is InChI=1S/C17H19FN2O2/c1-20(17-6-2-3-9-19-17)10-12-22-16-8-7-14(5-4-11-21)13-15(16)18/h2-9,13,21H,10-12H2,1H3. The Labute approximate surface area is 129 Å². The summed E-state index contributed by atoms with van der Waals surface area (Å²) in [6.07, 6.45) is 4.93. The van der Waals surface area contributed by atoms with Crippen LogP contribution in [0.25, 0.3) is 6.08 Å². The Morgan fingerprint density at radius 2 is 2.18 bits per heavy atom. The Morgan fingerprint density at radius 1 is 1.32 bits per heavy atom. The van der Waals surface area contributed by atoms with Gasteiger partial charge >= 0.3 is 0 Å². The highest BCUT2D eigenvalue weighted by atomic mass is 19.1. The minimum Gasteiger partial charge on any atom is -0.489 e. The van der Waals surface area contributed by atoms with E-state index in [0.29, 0.717) is 18.7 Å². The molecule has 0 bridgehead atoms. The number of nitrogens with zero attached hydrogens (tertiary/aromatic N) is 2. The highest BCUT2D eigenvalue weighted by Gasteiger charge is 2.05. The molecule has 116 valence electrons. The Hall–Kier alpha value is -2.40. The van der Waals surface area contributed by atoms with Crippen LogP contribution in [-0.2, 0) is 0 Å². The van der Waals surface area contributed by atoms with Crippen LogP contribution in [0.3, 0.4) is 0 Å². The molecule has 4 nitrogen and oxygen atoms in total. The van der Waals surface area contributed by atoms with E-state index in [1.807, 2.05) is 30.1 Å². The maximum atomic E-state index is 13.9. The second-order valence-corrected chi connectivity index (χ2v) is 4.73. The Bertz CT molecular complexity index is 617. The molecule has 1 aromatic heterocycles. The van der Waals surface area contributed by atoms with Crippen LogP contribution in [0, 0.1) is 5.82 Å². The van der Waals surface area contributed by atoms with Gasteiger partial charge in [-0.15, -0.1) is 0 Å². The van der Waals surface area contributed by atoms with Crippen LogP contribution in [0.2, 0.25) is 0 Å². The van der Waals surface area contributed by atoms with Crippen LogP contribution in [0.4, 0.5) is 10.2 Å². The normalized spacial score (nSPS) is 10.9. The van der Waals surface area contributed by atoms with Crippen LogP contribution in [0.1, 0.15) is 5.56 Å². The molecule has 0 unspecified atom stereocenters. The number of pyridine rings is 1. The van der Waals surface area contributed by atoms with E-state index >= 15 is 0 Å². The number of benzene rings is 1. The third kappa shape index (κ3) is 4.56. The van der Waals surface area contributed by atoms with Gasteiger partial charge in [-0.05, 0) is 29.8 Å². The van der Waals surface area contributed by atoms with Crippen molar-refractivity contribution in [1.29, 1.82) is 0 Å². The van der Waals surface area contributed by atoms with Gasteiger partial charge < -0.3 is 14.7 Å². The van der Waals surface area contributed by atoms with Crippen molar-refractivity contribution in [3.63, 3.8) is 0 Å². The largest absolute Gasteiger partial charge is 0.489 e. The van der Waals surface area contributed by atoms with Crippen molar-refractivity contribution in [3.05, 3.63) is 60.1 Å². The van der Waals surface area contributed by atoms with Gasteiger partial charge in [0.05, 0.1) is 13.2 Å². The average Bonchev–Trinajstić information content (AvgIpc) is 2.55. The highest BCUT2D eigenvalue weighted by molar-refractivity contribution is 5.51. The van der Waals surface area contributed by atoms with Gasteiger partial charge in [-0.25, -0.2) is 9.37 Å². The number of ether oxygens (including phenoxy) is 1. The predicted octanol–water partition coefficient (Wildman–Crippen LogP) is 2.74. The molecule has 0 amide bonds. The second-order valence-electron chi connectivity index (χ2n) is 4.73. The van der Waals surface area contributed by atoms with Crippen molar-refractivity contribution in [2.75, 3.05) is 31.7 Å². The average molecular weight is 302 g/mol. The quantitative estimate of drug-likeness (QED) is 0.854. The van der Waals surface area contributed by atoms with E-state index in [-0.39, 0.29) is 12.4 Å². The first-order chi connectivity index (χ1) is 10.7. The lowest BCUT2D eigenvalue weighted by atomic mass is 10.2. The van der Waals surface area contributed by atoms with E-state index < -0.39 is 5.82 Å². The first kappa shape index (κ1) is 16.0. The second kappa shape index (κ2) is 8.14. The molecule has 0 aliphatic carbocycles. The molecule has 1 aromatic carbocycles. The maximum Gasteiger partial charge on any atom is 0.165 e. The minimum absolute atomic E-state index is 0.0697. The van der Waals surface area contributed by atoms with Gasteiger partial charge in [0.1, 0.15) is 12.4 Å². The van der Waals surface area contributed by atoms with Gasteiger partial charge in [-0.3, -0.25) is 0 Å². The van der Waals surface area contributed by atoms with E-state index in [9.17, 15) is 4.39 Å². The van der Waals surface area contributed by atoms with Crippen LogP contribution in [0.5, 0.6) is 5.75 Å². The summed E-state index contributed by atoms with van der Waals surface area (Å²) in [6, 6.07) is 10.4. The number of anilines is 1. The Balaban J connectivity index is 1.88. The summed E-state index contributed by atoms with van der Waals surface area (Å²) in [6.45, 7) is 0.887. The summed E-state index contributed by atoms with van der Waals surface area (Å²) in [5.74, 6) is 0.646. The molecule has 22 heavy (non-hydrogen) atoms. The summed E-state index contributed by atoms with van der Waals surface area (Å²) >= 11 is 0. The topological polar surface area (TPSA) is 45.6 Å². The third-order valence-electron chi connectivity index (χ3n) is 3.10. The molecule has 1 N–H and O–H groups in total. The van der Waals surface area contributed by atoms with Gasteiger partial charge in [0.15, 0.2) is 11.6 Å². The van der Waals surface area contributed by atoms with Crippen molar-refractivity contribution < 1.29 is 14.2 Å². The van der Waals surface area contributed by atoms with Crippen LogP contribution < -0.4 is 9.64 Å². The zero-order valence-corrected chi connectivity index (χ0v) is 12.4. The number of halogens is 1. The summed E-state index contributed by atoms with van der Waals surface area (Å²) in [5.41, 5.74) is 0.685. The first-order valence-corrected chi connectivity index (χ1v) is 7.02. The number of aliphatic hydroxyl groups excluding tert-OH is 1. The van der Waals surface area contributed by atoms with Crippen molar-refractivity contribution >= 4 is 11.9 Å². The molecule has 0 atom stereocenters. The third-order valence-corrected chi connectivity index (χ3v) is 3.10.